The molecule has 1 fully saturated rings. The van der Waals surface area contributed by atoms with Crippen LogP contribution in [0.4, 0.5) is 4.79 Å². The van der Waals surface area contributed by atoms with Crippen LogP contribution in [0.25, 0.3) is 0 Å². The van der Waals surface area contributed by atoms with Crippen molar-refractivity contribution in [3.63, 3.8) is 0 Å². The molecule has 0 unspecified atom stereocenters. The number of aromatic hydroxyl groups is 1. The highest BCUT2D eigenvalue weighted by Gasteiger charge is 2.34. The normalized spacial score (nSPS) is 20.8. The van der Waals surface area contributed by atoms with Crippen molar-refractivity contribution in [2.45, 2.75) is 13.0 Å². The van der Waals surface area contributed by atoms with Gasteiger partial charge in [0.25, 0.3) is 0 Å². The molecule has 2 heterocycles. The number of likely N-dealkylation sites (N-methyl/N-ethyl adjacent to an activating group) is 1. The molecule has 1 saturated heterocycles. The van der Waals surface area contributed by atoms with Gasteiger partial charge in [0.1, 0.15) is 0 Å². The molecule has 2 aliphatic rings. The molecule has 2 amide bonds. The van der Waals surface area contributed by atoms with Crippen molar-refractivity contribution in [3.05, 3.63) is 35.0 Å². The van der Waals surface area contributed by atoms with Crippen molar-refractivity contribution in [1.29, 1.82) is 0 Å². The lowest BCUT2D eigenvalue weighted by Gasteiger charge is -2.35. The molecule has 3 rings (SSSR count). The third kappa shape index (κ3) is 4.80. The molecule has 9 heteroatoms. The SMILES string of the molecule is CCOc1cc([C@@H]2NC(=O)NC(CN3CCN(C)CC3)=C2C(=O)OC)ccc1O. The third-order valence-electron chi connectivity index (χ3n) is 5.15. The van der Waals surface area contributed by atoms with E-state index in [1.807, 2.05) is 6.92 Å². The number of phenols is 1. The smallest absolute Gasteiger partial charge is 0.338 e. The molecule has 3 N–H and O–H groups in total. The first-order chi connectivity index (χ1) is 13.9. The summed E-state index contributed by atoms with van der Waals surface area (Å²) in [4.78, 5) is 29.5. The second-order valence-electron chi connectivity index (χ2n) is 7.15. The van der Waals surface area contributed by atoms with Crippen LogP contribution in [-0.4, -0.2) is 80.4 Å². The maximum absolute atomic E-state index is 12.7. The monoisotopic (exact) mass is 404 g/mol. The largest absolute Gasteiger partial charge is 0.504 e. The average Bonchev–Trinajstić information content (AvgIpc) is 2.70. The summed E-state index contributed by atoms with van der Waals surface area (Å²) in [5.74, 6) is -0.225. The zero-order valence-corrected chi connectivity index (χ0v) is 17.0. The zero-order chi connectivity index (χ0) is 21.0. The molecule has 1 aromatic carbocycles. The lowest BCUT2D eigenvalue weighted by Crippen LogP contribution is -2.51. The first-order valence-corrected chi connectivity index (χ1v) is 9.68. The van der Waals surface area contributed by atoms with Gasteiger partial charge in [-0.25, -0.2) is 9.59 Å². The Bertz CT molecular complexity index is 802. The standard InChI is InChI=1S/C20H28N4O5/c1-4-29-16-11-13(5-6-15(16)25)18-17(19(26)28-3)14(21-20(27)22-18)12-24-9-7-23(2)8-10-24/h5-6,11,18,25H,4,7-10,12H2,1-3H3,(H2,21,22,27)/t18-/m0/s1. The van der Waals surface area contributed by atoms with Crippen LogP contribution in [0.1, 0.15) is 18.5 Å². The number of nitrogens with one attached hydrogen (secondary N) is 2. The van der Waals surface area contributed by atoms with Crippen molar-refractivity contribution in [3.8, 4) is 11.5 Å². The fourth-order valence-electron chi connectivity index (χ4n) is 3.55. The van der Waals surface area contributed by atoms with Gasteiger partial charge in [-0.3, -0.25) is 4.90 Å². The highest BCUT2D eigenvalue weighted by molar-refractivity contribution is 5.95. The van der Waals surface area contributed by atoms with Crippen LogP contribution in [0.2, 0.25) is 0 Å². The number of esters is 1. The number of carbonyl (C=O) groups is 2. The van der Waals surface area contributed by atoms with Crippen molar-refractivity contribution in [2.24, 2.45) is 0 Å². The molecule has 0 bridgehead atoms. The first-order valence-electron chi connectivity index (χ1n) is 9.68. The number of piperazine rings is 1. The molecular weight excluding hydrogens is 376 g/mol. The number of hydrogen-bond donors (Lipinski definition) is 3. The minimum absolute atomic E-state index is 0.00267. The van der Waals surface area contributed by atoms with Crippen molar-refractivity contribution < 1.29 is 24.2 Å². The molecule has 2 aliphatic heterocycles. The summed E-state index contributed by atoms with van der Waals surface area (Å²) in [7, 11) is 3.39. The van der Waals surface area contributed by atoms with E-state index in [2.05, 4.69) is 27.5 Å². The van der Waals surface area contributed by atoms with Gasteiger partial charge in [-0.1, -0.05) is 6.07 Å². The van der Waals surface area contributed by atoms with E-state index in [4.69, 9.17) is 9.47 Å². The number of benzene rings is 1. The van der Waals surface area contributed by atoms with Crippen molar-refractivity contribution >= 4 is 12.0 Å². The highest BCUT2D eigenvalue weighted by atomic mass is 16.5. The van der Waals surface area contributed by atoms with Crippen LogP contribution in [0.3, 0.4) is 0 Å². The number of phenolic OH excluding ortho intramolecular Hbond substituents is 1. The Hall–Kier alpha value is -2.78. The van der Waals surface area contributed by atoms with Crippen LogP contribution in [0, 0.1) is 0 Å². The molecule has 0 saturated carbocycles. The van der Waals surface area contributed by atoms with E-state index < -0.39 is 18.0 Å². The third-order valence-corrected chi connectivity index (χ3v) is 5.15. The van der Waals surface area contributed by atoms with E-state index in [1.54, 1.807) is 12.1 Å². The molecule has 0 aromatic heterocycles. The molecule has 29 heavy (non-hydrogen) atoms. The van der Waals surface area contributed by atoms with Gasteiger partial charge in [-0.05, 0) is 31.7 Å². The minimum atomic E-state index is -0.710. The highest BCUT2D eigenvalue weighted by Crippen LogP contribution is 2.34. The summed E-state index contributed by atoms with van der Waals surface area (Å²) in [5, 5.41) is 15.6. The molecule has 1 atom stereocenters. The zero-order valence-electron chi connectivity index (χ0n) is 17.0. The van der Waals surface area contributed by atoms with Gasteiger partial charge in [0.2, 0.25) is 0 Å². The second kappa shape index (κ2) is 9.15. The predicted octanol–water partition coefficient (Wildman–Crippen LogP) is 0.819. The van der Waals surface area contributed by atoms with Gasteiger partial charge in [0.05, 0.1) is 25.3 Å². The number of rotatable bonds is 6. The van der Waals surface area contributed by atoms with Crippen LogP contribution >= 0.6 is 0 Å². The van der Waals surface area contributed by atoms with Gasteiger partial charge >= 0.3 is 12.0 Å². The number of urea groups is 1. The van der Waals surface area contributed by atoms with Crippen LogP contribution in [-0.2, 0) is 9.53 Å². The molecule has 9 nitrogen and oxygen atoms in total. The summed E-state index contributed by atoms with van der Waals surface area (Å²) in [6, 6.07) is 3.68. The second-order valence-corrected chi connectivity index (χ2v) is 7.15. The van der Waals surface area contributed by atoms with Gasteiger partial charge in [-0.2, -0.15) is 0 Å². The number of nitrogens with zero attached hydrogens (tertiary/aromatic N) is 2. The summed E-state index contributed by atoms with van der Waals surface area (Å²) in [5.41, 5.74) is 1.50. The number of ether oxygens (including phenoxy) is 2. The summed E-state index contributed by atoms with van der Waals surface area (Å²) in [6.45, 7) is 6.17. The Balaban J connectivity index is 1.97. The topological polar surface area (TPSA) is 103 Å². The summed E-state index contributed by atoms with van der Waals surface area (Å²) >= 11 is 0. The van der Waals surface area contributed by atoms with E-state index in [1.165, 1.54) is 13.2 Å². The average molecular weight is 404 g/mol. The summed E-state index contributed by atoms with van der Waals surface area (Å²) < 4.78 is 10.5. The number of amides is 2. The Morgan fingerprint density at radius 1 is 1.28 bits per heavy atom. The number of methoxy groups -OCH3 is 1. The molecule has 1 aromatic rings. The van der Waals surface area contributed by atoms with E-state index in [0.717, 1.165) is 26.2 Å². The van der Waals surface area contributed by atoms with E-state index in [0.29, 0.717) is 35.7 Å². The fourth-order valence-corrected chi connectivity index (χ4v) is 3.55. The molecule has 0 radical (unpaired) electrons. The van der Waals surface area contributed by atoms with Gasteiger partial charge in [0.15, 0.2) is 11.5 Å². The van der Waals surface area contributed by atoms with Gasteiger partial charge < -0.3 is 30.1 Å². The molecule has 0 aliphatic carbocycles. The molecule has 158 valence electrons. The van der Waals surface area contributed by atoms with Crippen LogP contribution < -0.4 is 15.4 Å². The molecular formula is C20H28N4O5. The van der Waals surface area contributed by atoms with Crippen molar-refractivity contribution in [1.82, 2.24) is 20.4 Å². The van der Waals surface area contributed by atoms with Crippen LogP contribution in [0.5, 0.6) is 11.5 Å². The Morgan fingerprint density at radius 3 is 2.66 bits per heavy atom. The maximum Gasteiger partial charge on any atom is 0.338 e. The Kier molecular flexibility index (Phi) is 6.60. The number of carbonyl (C=O) groups excluding carboxylic acids is 2. The Labute approximate surface area is 170 Å². The van der Waals surface area contributed by atoms with Gasteiger partial charge in [0, 0.05) is 38.4 Å². The fraction of sp³-hybridized carbons (Fsp3) is 0.500. The maximum atomic E-state index is 12.7. The van der Waals surface area contributed by atoms with E-state index in [9.17, 15) is 14.7 Å². The lowest BCUT2D eigenvalue weighted by molar-refractivity contribution is -0.136. The predicted molar refractivity (Wildman–Crippen MR) is 107 cm³/mol. The van der Waals surface area contributed by atoms with E-state index in [-0.39, 0.29) is 5.75 Å². The first kappa shape index (κ1) is 20.9. The van der Waals surface area contributed by atoms with Crippen molar-refractivity contribution in [2.75, 3.05) is 53.5 Å². The van der Waals surface area contributed by atoms with Gasteiger partial charge in [-0.15, -0.1) is 0 Å². The number of hydrogen-bond acceptors (Lipinski definition) is 7. The van der Waals surface area contributed by atoms with Crippen LogP contribution in [0.15, 0.2) is 29.5 Å². The lowest BCUT2D eigenvalue weighted by atomic mass is 9.94. The Morgan fingerprint density at radius 2 is 2.00 bits per heavy atom. The molecule has 0 spiro atoms. The summed E-state index contributed by atoms with van der Waals surface area (Å²) in [6.07, 6.45) is 0. The quantitative estimate of drug-likeness (QED) is 0.603. The van der Waals surface area contributed by atoms with E-state index >= 15 is 0 Å². The minimum Gasteiger partial charge on any atom is -0.504 e.